The zero-order valence-corrected chi connectivity index (χ0v) is 11.5. The second-order valence-corrected chi connectivity index (χ2v) is 4.52. The Hall–Kier alpha value is -1.81. The molecule has 0 aliphatic rings. The number of rotatable bonds is 5. The topological polar surface area (TPSA) is 18.5 Å². The Morgan fingerprint density at radius 3 is 2.25 bits per heavy atom. The summed E-state index contributed by atoms with van der Waals surface area (Å²) < 4.78 is 33.8. The van der Waals surface area contributed by atoms with Crippen molar-refractivity contribution in [3.8, 4) is 11.5 Å². The van der Waals surface area contributed by atoms with Crippen LogP contribution in [0.4, 0.5) is 8.78 Å². The second-order valence-electron chi connectivity index (χ2n) is 4.09. The van der Waals surface area contributed by atoms with Crippen LogP contribution in [0, 0.1) is 0 Å². The molecular weight excluding hydrogens is 286 g/mol. The minimum Gasteiger partial charge on any atom is -0.497 e. The summed E-state index contributed by atoms with van der Waals surface area (Å²) >= 11 is 6.35. The third-order valence-corrected chi connectivity index (χ3v) is 3.29. The zero-order chi connectivity index (χ0) is 14.5. The highest BCUT2D eigenvalue weighted by Gasteiger charge is 2.13. The Morgan fingerprint density at radius 2 is 1.65 bits per heavy atom. The molecule has 0 fully saturated rings. The maximum Gasteiger partial charge on any atom is 0.387 e. The van der Waals surface area contributed by atoms with Crippen LogP contribution in [-0.4, -0.2) is 13.7 Å². The summed E-state index contributed by atoms with van der Waals surface area (Å²) in [6.45, 7) is -2.85. The monoisotopic (exact) mass is 298 g/mol. The van der Waals surface area contributed by atoms with Gasteiger partial charge in [-0.15, -0.1) is 11.6 Å². The van der Waals surface area contributed by atoms with E-state index in [1.54, 1.807) is 31.4 Å². The van der Waals surface area contributed by atoms with Gasteiger partial charge < -0.3 is 9.47 Å². The average molecular weight is 299 g/mol. The molecule has 0 N–H and O–H groups in total. The second kappa shape index (κ2) is 6.57. The third-order valence-electron chi connectivity index (χ3n) is 2.78. The Kier molecular flexibility index (Phi) is 4.79. The van der Waals surface area contributed by atoms with Gasteiger partial charge in [-0.2, -0.15) is 8.78 Å². The molecule has 5 heteroatoms. The molecule has 0 spiro atoms. The SMILES string of the molecule is COc1ccc(C(Cl)c2cccc(OC(F)F)c2)cc1. The molecule has 2 aromatic rings. The number of methoxy groups -OCH3 is 1. The fraction of sp³-hybridized carbons (Fsp3) is 0.200. The highest BCUT2D eigenvalue weighted by atomic mass is 35.5. The van der Waals surface area contributed by atoms with E-state index in [1.807, 2.05) is 12.1 Å². The molecule has 0 heterocycles. The molecule has 0 saturated carbocycles. The molecule has 0 aromatic heterocycles. The van der Waals surface area contributed by atoms with Crippen molar-refractivity contribution in [1.29, 1.82) is 0 Å². The van der Waals surface area contributed by atoms with Gasteiger partial charge >= 0.3 is 6.61 Å². The first kappa shape index (κ1) is 14.6. The van der Waals surface area contributed by atoms with E-state index in [0.717, 1.165) is 11.3 Å². The van der Waals surface area contributed by atoms with Crippen LogP contribution in [0.25, 0.3) is 0 Å². The van der Waals surface area contributed by atoms with Gasteiger partial charge in [0.25, 0.3) is 0 Å². The Bertz CT molecular complexity index is 558. The smallest absolute Gasteiger partial charge is 0.387 e. The van der Waals surface area contributed by atoms with E-state index in [0.29, 0.717) is 5.56 Å². The lowest BCUT2D eigenvalue weighted by atomic mass is 10.0. The van der Waals surface area contributed by atoms with Gasteiger partial charge in [0, 0.05) is 0 Å². The Morgan fingerprint density at radius 1 is 0.950 bits per heavy atom. The molecule has 1 atom stereocenters. The predicted octanol–water partition coefficient (Wildman–Crippen LogP) is 4.62. The Balaban J connectivity index is 2.20. The summed E-state index contributed by atoms with van der Waals surface area (Å²) in [5.41, 5.74) is 1.54. The van der Waals surface area contributed by atoms with E-state index in [9.17, 15) is 8.78 Å². The predicted molar refractivity (Wildman–Crippen MR) is 73.8 cm³/mol. The third kappa shape index (κ3) is 3.61. The number of ether oxygens (including phenoxy) is 2. The largest absolute Gasteiger partial charge is 0.497 e. The van der Waals surface area contributed by atoms with Gasteiger partial charge in [-0.25, -0.2) is 0 Å². The molecule has 0 amide bonds. The van der Waals surface area contributed by atoms with E-state index in [-0.39, 0.29) is 5.75 Å². The number of alkyl halides is 3. The quantitative estimate of drug-likeness (QED) is 0.750. The van der Waals surface area contributed by atoms with Gasteiger partial charge in [0.15, 0.2) is 0 Å². The number of benzene rings is 2. The van der Waals surface area contributed by atoms with E-state index in [1.165, 1.54) is 12.1 Å². The van der Waals surface area contributed by atoms with E-state index in [4.69, 9.17) is 16.3 Å². The standard InChI is InChI=1S/C15H13ClF2O2/c1-19-12-7-5-10(6-8-12)14(16)11-3-2-4-13(9-11)20-15(17)18/h2-9,14-15H,1H3. The van der Waals surface area contributed by atoms with Crippen molar-refractivity contribution in [3.05, 3.63) is 59.7 Å². The van der Waals surface area contributed by atoms with Gasteiger partial charge in [-0.3, -0.25) is 0 Å². The van der Waals surface area contributed by atoms with E-state index in [2.05, 4.69) is 4.74 Å². The summed E-state index contributed by atoms with van der Waals surface area (Å²) in [6.07, 6.45) is 0. The van der Waals surface area contributed by atoms with Crippen LogP contribution in [0.15, 0.2) is 48.5 Å². The molecule has 2 nitrogen and oxygen atoms in total. The molecule has 2 rings (SSSR count). The molecule has 0 aliphatic carbocycles. The first-order chi connectivity index (χ1) is 9.60. The van der Waals surface area contributed by atoms with Crippen LogP contribution in [0.5, 0.6) is 11.5 Å². The van der Waals surface area contributed by atoms with Gasteiger partial charge in [-0.1, -0.05) is 24.3 Å². The maximum absolute atomic E-state index is 12.2. The van der Waals surface area contributed by atoms with Crippen molar-refractivity contribution >= 4 is 11.6 Å². The fourth-order valence-corrected chi connectivity index (χ4v) is 2.09. The number of hydrogen-bond donors (Lipinski definition) is 0. The fourth-order valence-electron chi connectivity index (χ4n) is 1.81. The normalized spacial score (nSPS) is 12.2. The maximum atomic E-state index is 12.2. The highest BCUT2D eigenvalue weighted by Crippen LogP contribution is 2.31. The van der Waals surface area contributed by atoms with Crippen LogP contribution < -0.4 is 9.47 Å². The molecule has 0 bridgehead atoms. The lowest BCUT2D eigenvalue weighted by Crippen LogP contribution is -2.02. The van der Waals surface area contributed by atoms with Crippen molar-refractivity contribution in [2.75, 3.05) is 7.11 Å². The minimum atomic E-state index is -2.85. The lowest BCUT2D eigenvalue weighted by molar-refractivity contribution is -0.0498. The van der Waals surface area contributed by atoms with E-state index >= 15 is 0 Å². The average Bonchev–Trinajstić information content (AvgIpc) is 2.46. The molecule has 0 radical (unpaired) electrons. The molecule has 0 saturated heterocycles. The lowest BCUT2D eigenvalue weighted by Gasteiger charge is -2.12. The summed E-state index contributed by atoms with van der Waals surface area (Å²) in [5, 5.41) is -0.442. The van der Waals surface area contributed by atoms with Crippen molar-refractivity contribution < 1.29 is 18.3 Å². The van der Waals surface area contributed by atoms with Crippen molar-refractivity contribution in [1.82, 2.24) is 0 Å². The van der Waals surface area contributed by atoms with Gasteiger partial charge in [0.05, 0.1) is 12.5 Å². The summed E-state index contributed by atoms with van der Waals surface area (Å²) in [7, 11) is 1.58. The van der Waals surface area contributed by atoms with Crippen LogP contribution in [0.1, 0.15) is 16.5 Å². The van der Waals surface area contributed by atoms with Crippen LogP contribution in [0.3, 0.4) is 0 Å². The van der Waals surface area contributed by atoms with Gasteiger partial charge in [-0.05, 0) is 35.4 Å². The molecule has 20 heavy (non-hydrogen) atoms. The summed E-state index contributed by atoms with van der Waals surface area (Å²) in [4.78, 5) is 0. The van der Waals surface area contributed by atoms with Crippen molar-refractivity contribution in [2.45, 2.75) is 12.0 Å². The highest BCUT2D eigenvalue weighted by molar-refractivity contribution is 6.22. The first-order valence-electron chi connectivity index (χ1n) is 5.93. The number of hydrogen-bond acceptors (Lipinski definition) is 2. The summed E-state index contributed by atoms with van der Waals surface area (Å²) in [6, 6.07) is 13.6. The first-order valence-corrected chi connectivity index (χ1v) is 6.36. The zero-order valence-electron chi connectivity index (χ0n) is 10.7. The molecule has 0 aliphatic heterocycles. The van der Waals surface area contributed by atoms with Crippen LogP contribution >= 0.6 is 11.6 Å². The van der Waals surface area contributed by atoms with E-state index < -0.39 is 12.0 Å². The molecule has 1 unspecified atom stereocenters. The molecule has 106 valence electrons. The number of halogens is 3. The van der Waals surface area contributed by atoms with Crippen molar-refractivity contribution in [3.63, 3.8) is 0 Å². The minimum absolute atomic E-state index is 0.0941. The van der Waals surface area contributed by atoms with Crippen molar-refractivity contribution in [2.24, 2.45) is 0 Å². The van der Waals surface area contributed by atoms with Gasteiger partial charge in [0.1, 0.15) is 11.5 Å². The summed E-state index contributed by atoms with van der Waals surface area (Å²) in [5.74, 6) is 0.823. The van der Waals surface area contributed by atoms with Crippen LogP contribution in [0.2, 0.25) is 0 Å². The Labute approximate surface area is 120 Å². The molecular formula is C15H13ClF2O2. The van der Waals surface area contributed by atoms with Gasteiger partial charge in [0.2, 0.25) is 0 Å². The molecule has 2 aromatic carbocycles. The van der Waals surface area contributed by atoms with Crippen LogP contribution in [-0.2, 0) is 0 Å².